The number of benzene rings is 2. The molecule has 17 heavy (non-hydrogen) atoms. The molecule has 0 N–H and O–H groups in total. The van der Waals surface area contributed by atoms with Crippen LogP contribution in [-0.4, -0.2) is 13.1 Å². The third-order valence-electron chi connectivity index (χ3n) is 2.63. The molecule has 0 atom stereocenters. The van der Waals surface area contributed by atoms with Gasteiger partial charge in [-0.1, -0.05) is 54.6 Å². The molecule has 0 fully saturated rings. The topological polar surface area (TPSA) is 26.3 Å². The van der Waals surface area contributed by atoms with Crippen LogP contribution < -0.4 is 0 Å². The third-order valence-corrected chi connectivity index (χ3v) is 2.63. The largest absolute Gasteiger partial charge is 0.469 e. The van der Waals surface area contributed by atoms with Crippen molar-refractivity contribution in [3.8, 4) is 0 Å². The second kappa shape index (κ2) is 5.30. The average Bonchev–Trinajstić information content (AvgIpc) is 2.39. The van der Waals surface area contributed by atoms with Crippen LogP contribution in [0.5, 0.6) is 0 Å². The van der Waals surface area contributed by atoms with Crippen LogP contribution in [0.3, 0.4) is 0 Å². The maximum absolute atomic E-state index is 11.0. The lowest BCUT2D eigenvalue weighted by molar-refractivity contribution is -0.139. The Hall–Kier alpha value is -2.09. The SMILES string of the molecule is COC(=O)C/C=C/c1cccc2ccccc12. The van der Waals surface area contributed by atoms with Crippen molar-refractivity contribution in [2.45, 2.75) is 6.42 Å². The van der Waals surface area contributed by atoms with E-state index in [0.29, 0.717) is 6.42 Å². The summed E-state index contributed by atoms with van der Waals surface area (Å²) in [5.41, 5.74) is 1.12. The van der Waals surface area contributed by atoms with Crippen LogP contribution in [0, 0.1) is 0 Å². The fourth-order valence-electron chi connectivity index (χ4n) is 1.76. The Morgan fingerprint density at radius 1 is 1.18 bits per heavy atom. The maximum Gasteiger partial charge on any atom is 0.309 e. The summed E-state index contributed by atoms with van der Waals surface area (Å²) in [6.45, 7) is 0. The first-order chi connectivity index (χ1) is 8.31. The second-order valence-electron chi connectivity index (χ2n) is 3.75. The monoisotopic (exact) mass is 226 g/mol. The lowest BCUT2D eigenvalue weighted by Crippen LogP contribution is -1.96. The molecule has 0 radical (unpaired) electrons. The van der Waals surface area contributed by atoms with Crippen LogP contribution in [-0.2, 0) is 9.53 Å². The van der Waals surface area contributed by atoms with Gasteiger partial charge in [0.15, 0.2) is 0 Å². The molecule has 2 heteroatoms. The zero-order valence-corrected chi connectivity index (χ0v) is 9.72. The summed E-state index contributed by atoms with van der Waals surface area (Å²) in [4.78, 5) is 11.0. The highest BCUT2D eigenvalue weighted by molar-refractivity contribution is 5.90. The highest BCUT2D eigenvalue weighted by atomic mass is 16.5. The molecule has 0 heterocycles. The maximum atomic E-state index is 11.0. The van der Waals surface area contributed by atoms with Crippen molar-refractivity contribution in [1.82, 2.24) is 0 Å². The summed E-state index contributed by atoms with van der Waals surface area (Å²) in [6, 6.07) is 14.3. The van der Waals surface area contributed by atoms with Crippen molar-refractivity contribution < 1.29 is 9.53 Å². The Morgan fingerprint density at radius 2 is 1.94 bits per heavy atom. The zero-order chi connectivity index (χ0) is 12.1. The Balaban J connectivity index is 2.27. The van der Waals surface area contributed by atoms with Crippen LogP contribution >= 0.6 is 0 Å². The molecule has 2 aromatic rings. The fraction of sp³-hybridized carbons (Fsp3) is 0.133. The van der Waals surface area contributed by atoms with Gasteiger partial charge in [-0.2, -0.15) is 0 Å². The molecule has 0 bridgehead atoms. The quantitative estimate of drug-likeness (QED) is 0.749. The minimum atomic E-state index is -0.221. The van der Waals surface area contributed by atoms with Crippen LogP contribution in [0.2, 0.25) is 0 Å². The van der Waals surface area contributed by atoms with Gasteiger partial charge in [0.2, 0.25) is 0 Å². The summed E-state index contributed by atoms with van der Waals surface area (Å²) in [7, 11) is 1.40. The van der Waals surface area contributed by atoms with Gasteiger partial charge in [-0.15, -0.1) is 0 Å². The summed E-state index contributed by atoms with van der Waals surface area (Å²) >= 11 is 0. The molecule has 0 aliphatic heterocycles. The van der Waals surface area contributed by atoms with Gasteiger partial charge in [-0.3, -0.25) is 4.79 Å². The highest BCUT2D eigenvalue weighted by Gasteiger charge is 1.97. The van der Waals surface area contributed by atoms with E-state index < -0.39 is 0 Å². The third kappa shape index (κ3) is 2.72. The van der Waals surface area contributed by atoms with Crippen molar-refractivity contribution in [1.29, 1.82) is 0 Å². The van der Waals surface area contributed by atoms with E-state index in [2.05, 4.69) is 22.9 Å². The van der Waals surface area contributed by atoms with E-state index in [0.717, 1.165) is 5.56 Å². The van der Waals surface area contributed by atoms with Gasteiger partial charge in [0.05, 0.1) is 13.5 Å². The molecule has 86 valence electrons. The number of carbonyl (C=O) groups is 1. The normalized spacial score (nSPS) is 10.9. The van der Waals surface area contributed by atoms with Crippen molar-refractivity contribution in [3.05, 3.63) is 54.1 Å². The number of methoxy groups -OCH3 is 1. The van der Waals surface area contributed by atoms with Gasteiger partial charge < -0.3 is 4.74 Å². The standard InChI is InChI=1S/C15H14O2/c1-17-15(16)11-5-9-13-8-4-7-12-6-2-3-10-14(12)13/h2-10H,11H2,1H3/b9-5+. The second-order valence-corrected chi connectivity index (χ2v) is 3.75. The summed E-state index contributed by atoms with van der Waals surface area (Å²) in [5.74, 6) is -0.221. The smallest absolute Gasteiger partial charge is 0.309 e. The molecule has 2 nitrogen and oxygen atoms in total. The van der Waals surface area contributed by atoms with Gasteiger partial charge in [0.1, 0.15) is 0 Å². The minimum absolute atomic E-state index is 0.221. The molecule has 0 amide bonds. The number of rotatable bonds is 3. The van der Waals surface area contributed by atoms with E-state index >= 15 is 0 Å². The van der Waals surface area contributed by atoms with Crippen molar-refractivity contribution in [2.75, 3.05) is 7.11 Å². The van der Waals surface area contributed by atoms with Crippen LogP contribution in [0.4, 0.5) is 0 Å². The molecular weight excluding hydrogens is 212 g/mol. The molecule has 0 saturated heterocycles. The van der Waals surface area contributed by atoms with E-state index in [9.17, 15) is 4.79 Å². The van der Waals surface area contributed by atoms with Crippen LogP contribution in [0.1, 0.15) is 12.0 Å². The molecule has 0 aromatic heterocycles. The fourth-order valence-corrected chi connectivity index (χ4v) is 1.76. The minimum Gasteiger partial charge on any atom is -0.469 e. The summed E-state index contributed by atoms with van der Waals surface area (Å²) < 4.78 is 4.59. The Morgan fingerprint density at radius 3 is 2.76 bits per heavy atom. The Bertz CT molecular complexity index is 550. The number of fused-ring (bicyclic) bond motifs is 1. The zero-order valence-electron chi connectivity index (χ0n) is 9.72. The van der Waals surface area contributed by atoms with Crippen molar-refractivity contribution in [2.24, 2.45) is 0 Å². The lowest BCUT2D eigenvalue weighted by atomic mass is 10.0. The van der Waals surface area contributed by atoms with Gasteiger partial charge in [-0.25, -0.2) is 0 Å². The van der Waals surface area contributed by atoms with Gasteiger partial charge in [-0.05, 0) is 16.3 Å². The molecular formula is C15H14O2. The predicted octanol–water partition coefficient (Wildman–Crippen LogP) is 3.42. The highest BCUT2D eigenvalue weighted by Crippen LogP contribution is 2.19. The Kier molecular flexibility index (Phi) is 3.55. The van der Waals surface area contributed by atoms with E-state index in [4.69, 9.17) is 0 Å². The van der Waals surface area contributed by atoms with Gasteiger partial charge in [0.25, 0.3) is 0 Å². The van der Waals surface area contributed by atoms with E-state index in [1.807, 2.05) is 36.4 Å². The van der Waals surface area contributed by atoms with Gasteiger partial charge >= 0.3 is 5.97 Å². The molecule has 0 aliphatic rings. The molecule has 0 aliphatic carbocycles. The first kappa shape index (κ1) is 11.4. The molecule has 2 rings (SSSR count). The van der Waals surface area contributed by atoms with Crippen molar-refractivity contribution >= 4 is 22.8 Å². The average molecular weight is 226 g/mol. The first-order valence-corrected chi connectivity index (χ1v) is 5.52. The van der Waals surface area contributed by atoms with Crippen LogP contribution in [0.15, 0.2) is 48.5 Å². The lowest BCUT2D eigenvalue weighted by Gasteiger charge is -2.01. The van der Waals surface area contributed by atoms with Gasteiger partial charge in [0, 0.05) is 0 Å². The number of esters is 1. The van der Waals surface area contributed by atoms with E-state index in [1.54, 1.807) is 0 Å². The molecule has 0 unspecified atom stereocenters. The van der Waals surface area contributed by atoms with Crippen molar-refractivity contribution in [3.63, 3.8) is 0 Å². The summed E-state index contributed by atoms with van der Waals surface area (Å²) in [5, 5.41) is 2.39. The number of carbonyl (C=O) groups excluding carboxylic acids is 1. The number of ether oxygens (including phenoxy) is 1. The van der Waals surface area contributed by atoms with E-state index in [1.165, 1.54) is 17.9 Å². The summed E-state index contributed by atoms with van der Waals surface area (Å²) in [6.07, 6.45) is 4.09. The Labute approximate surface area is 101 Å². The molecule has 0 saturated carbocycles. The predicted molar refractivity (Wildman–Crippen MR) is 69.6 cm³/mol. The molecule has 2 aromatic carbocycles. The first-order valence-electron chi connectivity index (χ1n) is 5.52. The van der Waals surface area contributed by atoms with Crippen LogP contribution in [0.25, 0.3) is 16.8 Å². The number of hydrogen-bond donors (Lipinski definition) is 0. The number of hydrogen-bond acceptors (Lipinski definition) is 2. The van der Waals surface area contributed by atoms with E-state index in [-0.39, 0.29) is 5.97 Å². The molecule has 0 spiro atoms.